The predicted octanol–water partition coefficient (Wildman–Crippen LogP) is -2.52. The summed E-state index contributed by atoms with van der Waals surface area (Å²) in [6.45, 7) is 1.17. The Kier molecular flexibility index (Phi) is 9.84. The van der Waals surface area contributed by atoms with Gasteiger partial charge in [-0.3, -0.25) is 19.2 Å². The van der Waals surface area contributed by atoms with Crippen LogP contribution in [0.3, 0.4) is 0 Å². The number of nitrogens with one attached hydrogen (secondary N) is 2. The number of hydrogen-bond donors (Lipinski definition) is 7. The number of carboxylic acid groups (broad SMARTS) is 3. The van der Waals surface area contributed by atoms with Crippen molar-refractivity contribution in [3.05, 3.63) is 0 Å². The normalized spacial score (nSPS) is 15.2. The Morgan fingerprint density at radius 2 is 1.38 bits per heavy atom. The maximum Gasteiger partial charge on any atom is 0.326 e. The number of aliphatic hydroxyl groups is 1. The zero-order valence-corrected chi connectivity index (χ0v) is 14.0. The second-order valence-electron chi connectivity index (χ2n) is 5.60. The summed E-state index contributed by atoms with van der Waals surface area (Å²) in [5.74, 6) is -5.84. The molecule has 0 heterocycles. The van der Waals surface area contributed by atoms with E-state index in [1.807, 2.05) is 5.32 Å². The summed E-state index contributed by atoms with van der Waals surface area (Å²) in [6.07, 6.45) is -2.90. The maximum atomic E-state index is 12.1. The second-order valence-corrected chi connectivity index (χ2v) is 5.60. The first-order valence-corrected chi connectivity index (χ1v) is 7.66. The minimum atomic E-state index is -1.55. The molecule has 0 unspecified atom stereocenters. The van der Waals surface area contributed by atoms with Crippen LogP contribution in [0.25, 0.3) is 0 Å². The Morgan fingerprint density at radius 3 is 1.81 bits per heavy atom. The Hall–Kier alpha value is -2.73. The zero-order chi connectivity index (χ0) is 20.4. The van der Waals surface area contributed by atoms with Gasteiger partial charge in [0, 0.05) is 12.8 Å². The highest BCUT2D eigenvalue weighted by atomic mass is 16.4. The molecule has 148 valence electrons. The molecule has 0 aromatic heterocycles. The first-order chi connectivity index (χ1) is 12.0. The van der Waals surface area contributed by atoms with Gasteiger partial charge in [0.15, 0.2) is 0 Å². The van der Waals surface area contributed by atoms with Crippen LogP contribution in [0.2, 0.25) is 0 Å². The van der Waals surface area contributed by atoms with Gasteiger partial charge in [0.1, 0.15) is 12.1 Å². The van der Waals surface area contributed by atoms with Gasteiger partial charge in [-0.15, -0.1) is 0 Å². The Labute approximate surface area is 148 Å². The van der Waals surface area contributed by atoms with Gasteiger partial charge in [-0.05, 0) is 19.8 Å². The van der Waals surface area contributed by atoms with Crippen molar-refractivity contribution < 1.29 is 44.4 Å². The molecule has 0 spiro atoms. The fraction of sp³-hybridized carbons (Fsp3) is 0.643. The van der Waals surface area contributed by atoms with Gasteiger partial charge in [-0.25, -0.2) is 4.79 Å². The Balaban J connectivity index is 4.92. The van der Waals surface area contributed by atoms with Gasteiger partial charge >= 0.3 is 17.9 Å². The van der Waals surface area contributed by atoms with Crippen molar-refractivity contribution >= 4 is 29.7 Å². The molecule has 0 radical (unpaired) electrons. The monoisotopic (exact) mass is 377 g/mol. The molecule has 2 amide bonds. The number of carboxylic acids is 3. The lowest BCUT2D eigenvalue weighted by atomic mass is 10.1. The van der Waals surface area contributed by atoms with Gasteiger partial charge in [0.2, 0.25) is 11.8 Å². The number of aliphatic carboxylic acids is 3. The molecule has 4 atom stereocenters. The molecule has 0 bridgehead atoms. The number of carbonyl (C=O) groups is 5. The van der Waals surface area contributed by atoms with E-state index in [0.717, 1.165) is 0 Å². The molecule has 26 heavy (non-hydrogen) atoms. The summed E-state index contributed by atoms with van der Waals surface area (Å²) in [6, 6.07) is -4.33. The van der Waals surface area contributed by atoms with Gasteiger partial charge in [0.25, 0.3) is 0 Å². The predicted molar refractivity (Wildman–Crippen MR) is 84.9 cm³/mol. The molecule has 0 rings (SSSR count). The molecular weight excluding hydrogens is 354 g/mol. The fourth-order valence-corrected chi connectivity index (χ4v) is 1.86. The molecule has 0 aliphatic heterocycles. The molecule has 0 aliphatic rings. The molecule has 0 aliphatic carbocycles. The average molecular weight is 377 g/mol. The molecule has 0 fully saturated rings. The molecule has 0 saturated carbocycles. The quantitative estimate of drug-likeness (QED) is 0.189. The molecule has 12 nitrogen and oxygen atoms in total. The highest BCUT2D eigenvalue weighted by Crippen LogP contribution is 2.02. The highest BCUT2D eigenvalue weighted by Gasteiger charge is 2.31. The third-order valence-electron chi connectivity index (χ3n) is 3.33. The first-order valence-electron chi connectivity index (χ1n) is 7.66. The summed E-state index contributed by atoms with van der Waals surface area (Å²) in [5, 5.41) is 40.0. The Bertz CT molecular complexity index is 550. The van der Waals surface area contributed by atoms with Crippen molar-refractivity contribution in [1.82, 2.24) is 10.6 Å². The third kappa shape index (κ3) is 8.94. The minimum absolute atomic E-state index is 0.203. The maximum absolute atomic E-state index is 12.1. The number of rotatable bonds is 12. The van der Waals surface area contributed by atoms with Crippen LogP contribution in [-0.4, -0.2) is 74.4 Å². The number of hydrogen-bond acceptors (Lipinski definition) is 7. The van der Waals surface area contributed by atoms with Gasteiger partial charge in [-0.1, -0.05) is 0 Å². The molecule has 0 saturated heterocycles. The Morgan fingerprint density at radius 1 is 0.885 bits per heavy atom. The number of nitrogens with two attached hydrogens (primary N) is 1. The van der Waals surface area contributed by atoms with E-state index in [1.165, 1.54) is 6.92 Å². The van der Waals surface area contributed by atoms with Crippen molar-refractivity contribution in [3.8, 4) is 0 Å². The van der Waals surface area contributed by atoms with Crippen LogP contribution < -0.4 is 16.4 Å². The largest absolute Gasteiger partial charge is 0.481 e. The molecule has 8 N–H and O–H groups in total. The topological polar surface area (TPSA) is 216 Å². The number of carbonyl (C=O) groups excluding carboxylic acids is 2. The third-order valence-corrected chi connectivity index (χ3v) is 3.33. The summed E-state index contributed by atoms with van der Waals surface area (Å²) in [7, 11) is 0. The molecule has 12 heteroatoms. The SMILES string of the molecule is C[C@@H](O)[C@H](NC(=O)[C@@H](N)CCC(=O)O)C(=O)N[C@@H](CCC(=O)O)C(=O)O. The van der Waals surface area contributed by atoms with Crippen molar-refractivity contribution in [2.24, 2.45) is 5.73 Å². The van der Waals surface area contributed by atoms with Crippen LogP contribution in [0.4, 0.5) is 0 Å². The van der Waals surface area contributed by atoms with Gasteiger partial charge < -0.3 is 36.8 Å². The molecular formula is C14H23N3O9. The van der Waals surface area contributed by atoms with Crippen LogP contribution in [-0.2, 0) is 24.0 Å². The standard InChI is InChI=1S/C14H23N3O9/c1-6(18)11(17-12(23)7(15)2-4-9(19)20)13(24)16-8(14(25)26)3-5-10(21)22/h6-8,11,18H,2-5,15H2,1H3,(H,16,24)(H,17,23)(H,19,20)(H,21,22)(H,25,26)/t6-,7+,8+,11+/m1/s1. The summed E-state index contributed by atoms with van der Waals surface area (Å²) in [5.41, 5.74) is 5.50. The lowest BCUT2D eigenvalue weighted by Gasteiger charge is -2.24. The number of amides is 2. The molecule has 0 aromatic carbocycles. The van der Waals surface area contributed by atoms with E-state index in [4.69, 9.17) is 21.1 Å². The fourth-order valence-electron chi connectivity index (χ4n) is 1.86. The van der Waals surface area contributed by atoms with Crippen molar-refractivity contribution in [2.45, 2.75) is 56.8 Å². The van der Waals surface area contributed by atoms with Gasteiger partial charge in [0.05, 0.1) is 12.1 Å². The summed E-state index contributed by atoms with van der Waals surface area (Å²) in [4.78, 5) is 56.1. The van der Waals surface area contributed by atoms with E-state index in [9.17, 15) is 29.1 Å². The van der Waals surface area contributed by atoms with E-state index in [-0.39, 0.29) is 12.8 Å². The van der Waals surface area contributed by atoms with Crippen LogP contribution in [0.1, 0.15) is 32.6 Å². The van der Waals surface area contributed by atoms with E-state index < -0.39 is 66.8 Å². The second kappa shape index (κ2) is 11.0. The van der Waals surface area contributed by atoms with Crippen LogP contribution in [0.15, 0.2) is 0 Å². The van der Waals surface area contributed by atoms with Crippen LogP contribution in [0.5, 0.6) is 0 Å². The van der Waals surface area contributed by atoms with Crippen molar-refractivity contribution in [1.29, 1.82) is 0 Å². The lowest BCUT2D eigenvalue weighted by molar-refractivity contribution is -0.144. The van der Waals surface area contributed by atoms with Crippen LogP contribution in [0, 0.1) is 0 Å². The van der Waals surface area contributed by atoms with E-state index in [2.05, 4.69) is 5.32 Å². The van der Waals surface area contributed by atoms with E-state index >= 15 is 0 Å². The summed E-state index contributed by atoms with van der Waals surface area (Å²) < 4.78 is 0. The lowest BCUT2D eigenvalue weighted by Crippen LogP contribution is -2.58. The van der Waals surface area contributed by atoms with Gasteiger partial charge in [-0.2, -0.15) is 0 Å². The van der Waals surface area contributed by atoms with E-state index in [0.29, 0.717) is 0 Å². The number of aliphatic hydroxyl groups excluding tert-OH is 1. The highest BCUT2D eigenvalue weighted by molar-refractivity contribution is 5.92. The average Bonchev–Trinajstić information content (AvgIpc) is 2.52. The molecule has 0 aromatic rings. The van der Waals surface area contributed by atoms with Crippen molar-refractivity contribution in [3.63, 3.8) is 0 Å². The van der Waals surface area contributed by atoms with Crippen LogP contribution >= 0.6 is 0 Å². The minimum Gasteiger partial charge on any atom is -0.481 e. The smallest absolute Gasteiger partial charge is 0.326 e. The zero-order valence-electron chi connectivity index (χ0n) is 14.0. The van der Waals surface area contributed by atoms with Crippen molar-refractivity contribution in [2.75, 3.05) is 0 Å². The summed E-state index contributed by atoms with van der Waals surface area (Å²) >= 11 is 0. The first kappa shape index (κ1) is 23.3. The van der Waals surface area contributed by atoms with E-state index in [1.54, 1.807) is 0 Å².